The Kier molecular flexibility index (Phi) is 4.71. The zero-order chi connectivity index (χ0) is 14.5. The molecule has 0 unspecified atom stereocenters. The Morgan fingerprint density at radius 3 is 2.50 bits per heavy atom. The molecule has 2 rings (SSSR count). The highest BCUT2D eigenvalue weighted by molar-refractivity contribution is 6.30. The third-order valence-corrected chi connectivity index (χ3v) is 3.24. The lowest BCUT2D eigenvalue weighted by atomic mass is 10.1. The minimum Gasteiger partial charge on any atom is -0.308 e. The quantitative estimate of drug-likeness (QED) is 0.672. The Balaban J connectivity index is 2.02. The van der Waals surface area contributed by atoms with Crippen LogP contribution in [0.2, 0.25) is 5.02 Å². The number of nitro groups is 1. The van der Waals surface area contributed by atoms with Gasteiger partial charge in [0, 0.05) is 29.7 Å². The Labute approximate surface area is 122 Å². The number of hydrogen-bond acceptors (Lipinski definition) is 3. The van der Waals surface area contributed by atoms with Crippen molar-refractivity contribution in [3.8, 4) is 0 Å². The Morgan fingerprint density at radius 2 is 1.85 bits per heavy atom. The average Bonchev–Trinajstić information content (AvgIpc) is 2.41. The first-order chi connectivity index (χ1) is 9.56. The molecule has 0 fully saturated rings. The highest BCUT2D eigenvalue weighted by Crippen LogP contribution is 2.22. The summed E-state index contributed by atoms with van der Waals surface area (Å²) in [6.45, 7) is 3.10. The van der Waals surface area contributed by atoms with Gasteiger partial charge in [0.25, 0.3) is 5.69 Å². The van der Waals surface area contributed by atoms with Gasteiger partial charge in [0.2, 0.25) is 0 Å². The van der Waals surface area contributed by atoms with E-state index in [-0.39, 0.29) is 10.6 Å². The SMILES string of the molecule is Cc1ccc(CNCc2cc(Cl)ccc2[N+](=O)[O-])cc1. The molecular formula is C15H15ClN2O2. The summed E-state index contributed by atoms with van der Waals surface area (Å²) in [5.74, 6) is 0. The van der Waals surface area contributed by atoms with Crippen molar-refractivity contribution in [3.63, 3.8) is 0 Å². The van der Waals surface area contributed by atoms with Crippen molar-refractivity contribution in [1.29, 1.82) is 0 Å². The molecule has 104 valence electrons. The second kappa shape index (κ2) is 6.50. The van der Waals surface area contributed by atoms with Crippen LogP contribution in [0.3, 0.4) is 0 Å². The number of rotatable bonds is 5. The highest BCUT2D eigenvalue weighted by Gasteiger charge is 2.13. The van der Waals surface area contributed by atoms with Crippen molar-refractivity contribution < 1.29 is 4.92 Å². The molecule has 2 aromatic rings. The number of halogens is 1. The van der Waals surface area contributed by atoms with Crippen LogP contribution in [-0.4, -0.2) is 4.92 Å². The fourth-order valence-corrected chi connectivity index (χ4v) is 2.12. The van der Waals surface area contributed by atoms with E-state index in [1.165, 1.54) is 17.7 Å². The summed E-state index contributed by atoms with van der Waals surface area (Å²) < 4.78 is 0. The molecule has 0 aromatic heterocycles. The maximum atomic E-state index is 10.9. The molecule has 0 atom stereocenters. The second-order valence-corrected chi connectivity index (χ2v) is 5.06. The van der Waals surface area contributed by atoms with Gasteiger partial charge >= 0.3 is 0 Å². The maximum absolute atomic E-state index is 10.9. The maximum Gasteiger partial charge on any atom is 0.273 e. The van der Waals surface area contributed by atoms with Crippen molar-refractivity contribution in [2.45, 2.75) is 20.0 Å². The van der Waals surface area contributed by atoms with Crippen molar-refractivity contribution >= 4 is 17.3 Å². The lowest BCUT2D eigenvalue weighted by Crippen LogP contribution is -2.13. The van der Waals surface area contributed by atoms with Crippen LogP contribution >= 0.6 is 11.6 Å². The fraction of sp³-hybridized carbons (Fsp3) is 0.200. The van der Waals surface area contributed by atoms with Crippen molar-refractivity contribution in [2.75, 3.05) is 0 Å². The summed E-state index contributed by atoms with van der Waals surface area (Å²) in [6, 6.07) is 12.7. The van der Waals surface area contributed by atoms with E-state index >= 15 is 0 Å². The Hall–Kier alpha value is -1.91. The van der Waals surface area contributed by atoms with Crippen LogP contribution in [0.15, 0.2) is 42.5 Å². The predicted octanol–water partition coefficient (Wildman–Crippen LogP) is 3.85. The van der Waals surface area contributed by atoms with Gasteiger partial charge in [0.1, 0.15) is 0 Å². The van der Waals surface area contributed by atoms with E-state index in [9.17, 15) is 10.1 Å². The second-order valence-electron chi connectivity index (χ2n) is 4.62. The highest BCUT2D eigenvalue weighted by atomic mass is 35.5. The van der Waals surface area contributed by atoms with Gasteiger partial charge < -0.3 is 5.32 Å². The van der Waals surface area contributed by atoms with Gasteiger partial charge in [-0.1, -0.05) is 41.4 Å². The van der Waals surface area contributed by atoms with E-state index < -0.39 is 0 Å². The smallest absolute Gasteiger partial charge is 0.273 e. The normalized spacial score (nSPS) is 10.5. The minimum absolute atomic E-state index is 0.0887. The topological polar surface area (TPSA) is 55.2 Å². The summed E-state index contributed by atoms with van der Waals surface area (Å²) >= 11 is 5.88. The van der Waals surface area contributed by atoms with Crippen molar-refractivity contribution in [3.05, 3.63) is 74.3 Å². The van der Waals surface area contributed by atoms with Gasteiger partial charge in [-0.05, 0) is 24.6 Å². The van der Waals surface area contributed by atoms with E-state index in [2.05, 4.69) is 5.32 Å². The van der Waals surface area contributed by atoms with Crippen LogP contribution in [0.4, 0.5) is 5.69 Å². The molecule has 0 radical (unpaired) electrons. The Morgan fingerprint density at radius 1 is 1.15 bits per heavy atom. The summed E-state index contributed by atoms with van der Waals surface area (Å²) in [5, 5.41) is 14.6. The molecule has 0 spiro atoms. The van der Waals surface area contributed by atoms with Crippen LogP contribution in [0.25, 0.3) is 0 Å². The molecule has 0 aliphatic heterocycles. The zero-order valence-corrected chi connectivity index (χ0v) is 11.9. The summed E-state index contributed by atoms with van der Waals surface area (Å²) in [5.41, 5.74) is 3.03. The molecule has 0 heterocycles. The molecule has 2 aromatic carbocycles. The van der Waals surface area contributed by atoms with E-state index in [1.807, 2.05) is 31.2 Å². The third kappa shape index (κ3) is 3.79. The molecule has 5 heteroatoms. The van der Waals surface area contributed by atoms with Crippen LogP contribution < -0.4 is 5.32 Å². The van der Waals surface area contributed by atoms with E-state index in [0.717, 1.165) is 5.56 Å². The molecule has 4 nitrogen and oxygen atoms in total. The molecule has 20 heavy (non-hydrogen) atoms. The number of hydrogen-bond donors (Lipinski definition) is 1. The third-order valence-electron chi connectivity index (χ3n) is 3.00. The van der Waals surface area contributed by atoms with Gasteiger partial charge in [-0.2, -0.15) is 0 Å². The molecule has 0 saturated carbocycles. The first-order valence-electron chi connectivity index (χ1n) is 6.25. The largest absolute Gasteiger partial charge is 0.308 e. The molecule has 0 aliphatic carbocycles. The van der Waals surface area contributed by atoms with Gasteiger partial charge in [0.15, 0.2) is 0 Å². The fourth-order valence-electron chi connectivity index (χ4n) is 1.92. The van der Waals surface area contributed by atoms with E-state index in [1.54, 1.807) is 6.07 Å². The van der Waals surface area contributed by atoms with Crippen LogP contribution in [-0.2, 0) is 13.1 Å². The van der Waals surface area contributed by atoms with Crippen LogP contribution in [0.5, 0.6) is 0 Å². The standard InChI is InChI=1S/C15H15ClN2O2/c1-11-2-4-12(5-3-11)9-17-10-13-8-14(16)6-7-15(13)18(19)20/h2-8,17H,9-10H2,1H3. The lowest BCUT2D eigenvalue weighted by molar-refractivity contribution is -0.385. The first-order valence-corrected chi connectivity index (χ1v) is 6.63. The summed E-state index contributed by atoms with van der Waals surface area (Å²) in [6.07, 6.45) is 0. The van der Waals surface area contributed by atoms with Gasteiger partial charge in [0.05, 0.1) is 4.92 Å². The van der Waals surface area contributed by atoms with Crippen molar-refractivity contribution in [2.24, 2.45) is 0 Å². The molecule has 0 amide bonds. The van der Waals surface area contributed by atoms with Gasteiger partial charge in [-0.3, -0.25) is 10.1 Å². The number of nitrogens with zero attached hydrogens (tertiary/aromatic N) is 1. The summed E-state index contributed by atoms with van der Waals surface area (Å²) in [4.78, 5) is 10.5. The molecular weight excluding hydrogens is 276 g/mol. The predicted molar refractivity (Wildman–Crippen MR) is 79.8 cm³/mol. The number of nitrogens with one attached hydrogen (secondary N) is 1. The molecule has 0 aliphatic rings. The Bertz CT molecular complexity index is 612. The molecule has 1 N–H and O–H groups in total. The number of benzene rings is 2. The number of aryl methyl sites for hydroxylation is 1. The first kappa shape index (κ1) is 14.5. The van der Waals surface area contributed by atoms with Crippen LogP contribution in [0.1, 0.15) is 16.7 Å². The average molecular weight is 291 g/mol. The minimum atomic E-state index is -0.390. The molecule has 0 saturated heterocycles. The van der Waals surface area contributed by atoms with Crippen LogP contribution in [0, 0.1) is 17.0 Å². The van der Waals surface area contributed by atoms with E-state index in [4.69, 9.17) is 11.6 Å². The summed E-state index contributed by atoms with van der Waals surface area (Å²) in [7, 11) is 0. The van der Waals surface area contributed by atoms with Crippen molar-refractivity contribution in [1.82, 2.24) is 5.32 Å². The zero-order valence-electron chi connectivity index (χ0n) is 11.1. The van der Waals surface area contributed by atoms with E-state index in [0.29, 0.717) is 23.7 Å². The number of nitro benzene ring substituents is 1. The lowest BCUT2D eigenvalue weighted by Gasteiger charge is -2.07. The van der Waals surface area contributed by atoms with Gasteiger partial charge in [-0.15, -0.1) is 0 Å². The van der Waals surface area contributed by atoms with Gasteiger partial charge in [-0.25, -0.2) is 0 Å². The monoisotopic (exact) mass is 290 g/mol. The molecule has 0 bridgehead atoms.